The van der Waals surface area contributed by atoms with E-state index in [9.17, 15) is 23.1 Å². The van der Waals surface area contributed by atoms with Crippen molar-refractivity contribution in [1.29, 1.82) is 0 Å². The van der Waals surface area contributed by atoms with Crippen LogP contribution in [0, 0.1) is 5.41 Å². The second kappa shape index (κ2) is 5.91. The maximum Gasteiger partial charge on any atom is 0.416 e. The summed E-state index contributed by atoms with van der Waals surface area (Å²) in [5.74, 6) is -0.557. The second-order valence-electron chi connectivity index (χ2n) is 6.66. The fraction of sp³-hybridized carbons (Fsp3) is 0.625. The van der Waals surface area contributed by atoms with Gasteiger partial charge in [0.1, 0.15) is 5.82 Å². The number of alkyl halides is 3. The lowest BCUT2D eigenvalue weighted by molar-refractivity contribution is -0.158. The van der Waals surface area contributed by atoms with Gasteiger partial charge in [-0.15, -0.1) is 0 Å². The Bertz CT molecular complexity index is 637. The highest BCUT2D eigenvalue weighted by Gasteiger charge is 2.52. The molecule has 2 aliphatic rings. The van der Waals surface area contributed by atoms with Crippen molar-refractivity contribution in [1.82, 2.24) is 9.88 Å². The van der Waals surface area contributed by atoms with Gasteiger partial charge in [-0.3, -0.25) is 4.79 Å². The Kier molecular flexibility index (Phi) is 4.19. The third-order valence-electron chi connectivity index (χ3n) is 5.35. The van der Waals surface area contributed by atoms with Crippen molar-refractivity contribution in [2.75, 3.05) is 31.6 Å². The summed E-state index contributed by atoms with van der Waals surface area (Å²) in [7, 11) is 1.88. The van der Waals surface area contributed by atoms with Crippen LogP contribution in [0.1, 0.15) is 24.8 Å². The van der Waals surface area contributed by atoms with Crippen molar-refractivity contribution in [3.8, 4) is 0 Å². The molecule has 2 fully saturated rings. The van der Waals surface area contributed by atoms with Crippen LogP contribution >= 0.6 is 0 Å². The number of hydrogen-bond donors (Lipinski definition) is 1. The molecule has 1 aromatic rings. The van der Waals surface area contributed by atoms with Gasteiger partial charge in [0.05, 0.1) is 11.0 Å². The van der Waals surface area contributed by atoms with Gasteiger partial charge >= 0.3 is 12.1 Å². The molecule has 0 radical (unpaired) electrons. The van der Waals surface area contributed by atoms with Crippen molar-refractivity contribution < 1.29 is 23.1 Å². The molecule has 3 heterocycles. The van der Waals surface area contributed by atoms with Crippen LogP contribution in [0.3, 0.4) is 0 Å². The minimum Gasteiger partial charge on any atom is -0.481 e. The molecule has 0 unspecified atom stereocenters. The number of piperidine rings is 2. The van der Waals surface area contributed by atoms with Gasteiger partial charge in [-0.2, -0.15) is 13.2 Å². The second-order valence-corrected chi connectivity index (χ2v) is 6.66. The van der Waals surface area contributed by atoms with Gasteiger partial charge in [0, 0.05) is 25.3 Å². The van der Waals surface area contributed by atoms with Gasteiger partial charge in [0.15, 0.2) is 0 Å². The molecule has 0 saturated carbocycles. The molecule has 24 heavy (non-hydrogen) atoms. The van der Waals surface area contributed by atoms with Crippen LogP contribution in [0.2, 0.25) is 0 Å². The van der Waals surface area contributed by atoms with Crippen LogP contribution in [0.5, 0.6) is 0 Å². The van der Waals surface area contributed by atoms with Gasteiger partial charge in [-0.1, -0.05) is 0 Å². The summed E-state index contributed by atoms with van der Waals surface area (Å²) in [5.41, 5.74) is -1.55. The number of aromatic nitrogens is 1. The van der Waals surface area contributed by atoms with Crippen LogP contribution in [-0.4, -0.2) is 53.7 Å². The van der Waals surface area contributed by atoms with E-state index in [0.717, 1.165) is 31.3 Å². The number of halogens is 3. The quantitative estimate of drug-likeness (QED) is 0.894. The highest BCUT2D eigenvalue weighted by Crippen LogP contribution is 2.43. The number of nitrogens with zero attached hydrogens (tertiary/aromatic N) is 3. The molecule has 1 N–H and O–H groups in total. The van der Waals surface area contributed by atoms with Crippen LogP contribution in [0.4, 0.5) is 19.0 Å². The van der Waals surface area contributed by atoms with Gasteiger partial charge < -0.3 is 14.9 Å². The Hall–Kier alpha value is -1.83. The predicted octanol–water partition coefficient (Wildman–Crippen LogP) is 2.48. The van der Waals surface area contributed by atoms with Crippen molar-refractivity contribution in [3.63, 3.8) is 0 Å². The van der Waals surface area contributed by atoms with Gasteiger partial charge in [0.2, 0.25) is 0 Å². The Balaban J connectivity index is 1.87. The number of carboxylic acids is 1. The van der Waals surface area contributed by atoms with Crippen molar-refractivity contribution in [3.05, 3.63) is 23.9 Å². The average molecular weight is 343 g/mol. The Morgan fingerprint density at radius 2 is 2.12 bits per heavy atom. The van der Waals surface area contributed by atoms with E-state index in [-0.39, 0.29) is 11.9 Å². The normalized spacial score (nSPS) is 28.5. The summed E-state index contributed by atoms with van der Waals surface area (Å²) in [6.07, 6.45) is -1.42. The smallest absolute Gasteiger partial charge is 0.416 e. The molecule has 8 heteroatoms. The maximum absolute atomic E-state index is 12.9. The van der Waals surface area contributed by atoms with E-state index in [0.29, 0.717) is 25.9 Å². The number of fused-ring (bicyclic) bond motifs is 1. The molecule has 5 nitrogen and oxygen atoms in total. The number of aliphatic carboxylic acids is 1. The molecule has 0 aromatic carbocycles. The molecular weight excluding hydrogens is 323 g/mol. The lowest BCUT2D eigenvalue weighted by Gasteiger charge is -2.52. The fourth-order valence-corrected chi connectivity index (χ4v) is 3.96. The number of likely N-dealkylation sites (N-methyl/N-ethyl adjacent to an activating group) is 1. The Morgan fingerprint density at radius 1 is 1.38 bits per heavy atom. The molecule has 0 amide bonds. The number of anilines is 1. The monoisotopic (exact) mass is 343 g/mol. The largest absolute Gasteiger partial charge is 0.481 e. The van der Waals surface area contributed by atoms with Gasteiger partial charge in [-0.25, -0.2) is 4.98 Å². The van der Waals surface area contributed by atoms with Crippen LogP contribution in [0.15, 0.2) is 18.3 Å². The number of carbonyl (C=O) groups is 1. The van der Waals surface area contributed by atoms with Gasteiger partial charge in [-0.05, 0) is 45.0 Å². The molecular formula is C16H20F3N3O2. The van der Waals surface area contributed by atoms with Crippen LogP contribution < -0.4 is 4.90 Å². The number of rotatable bonds is 2. The van der Waals surface area contributed by atoms with Crippen molar-refractivity contribution in [2.24, 2.45) is 5.41 Å². The number of pyridine rings is 1. The molecule has 0 bridgehead atoms. The van der Waals surface area contributed by atoms with E-state index >= 15 is 0 Å². The number of hydrogen-bond acceptors (Lipinski definition) is 4. The van der Waals surface area contributed by atoms with E-state index in [2.05, 4.69) is 4.98 Å². The zero-order chi connectivity index (χ0) is 17.5. The molecule has 2 aliphatic heterocycles. The summed E-state index contributed by atoms with van der Waals surface area (Å²) in [6.45, 7) is 1.56. The first-order valence-electron chi connectivity index (χ1n) is 7.96. The summed E-state index contributed by atoms with van der Waals surface area (Å²) in [4.78, 5) is 19.7. The highest BCUT2D eigenvalue weighted by molar-refractivity contribution is 5.76. The molecule has 0 spiro atoms. The molecule has 3 rings (SSSR count). The van der Waals surface area contributed by atoms with Crippen LogP contribution in [-0.2, 0) is 11.0 Å². The summed E-state index contributed by atoms with van der Waals surface area (Å²) < 4.78 is 38.7. The van der Waals surface area contributed by atoms with E-state index in [1.165, 1.54) is 0 Å². The molecule has 0 aliphatic carbocycles. The fourth-order valence-electron chi connectivity index (χ4n) is 3.96. The third-order valence-corrected chi connectivity index (χ3v) is 5.35. The SMILES string of the molecule is CN1CCC[C@]2(C(=O)O)CCN(c3cc(C(F)(F)F)ccn3)C[C@@H]12. The maximum atomic E-state index is 12.9. The molecule has 2 saturated heterocycles. The molecule has 2 atom stereocenters. The zero-order valence-electron chi connectivity index (χ0n) is 13.4. The van der Waals surface area contributed by atoms with E-state index in [1.807, 2.05) is 11.9 Å². The van der Waals surface area contributed by atoms with Crippen LogP contribution in [0.25, 0.3) is 0 Å². The molecule has 1 aromatic heterocycles. The van der Waals surface area contributed by atoms with Crippen molar-refractivity contribution >= 4 is 11.8 Å². The predicted molar refractivity (Wildman–Crippen MR) is 81.8 cm³/mol. The Morgan fingerprint density at radius 3 is 2.79 bits per heavy atom. The lowest BCUT2D eigenvalue weighted by atomic mass is 9.68. The lowest BCUT2D eigenvalue weighted by Crippen LogP contribution is -2.63. The third kappa shape index (κ3) is 2.83. The molecule has 132 valence electrons. The van der Waals surface area contributed by atoms with Gasteiger partial charge in [0.25, 0.3) is 0 Å². The topological polar surface area (TPSA) is 56.7 Å². The van der Waals surface area contributed by atoms with E-state index < -0.39 is 23.1 Å². The minimum atomic E-state index is -4.42. The highest BCUT2D eigenvalue weighted by atomic mass is 19.4. The van der Waals surface area contributed by atoms with E-state index in [4.69, 9.17) is 0 Å². The van der Waals surface area contributed by atoms with E-state index in [1.54, 1.807) is 4.90 Å². The first kappa shape index (κ1) is 17.0. The summed E-state index contributed by atoms with van der Waals surface area (Å²) in [6, 6.07) is 1.76. The first-order valence-corrected chi connectivity index (χ1v) is 7.96. The Labute approximate surface area is 138 Å². The first-order chi connectivity index (χ1) is 11.2. The number of likely N-dealkylation sites (tertiary alicyclic amines) is 1. The average Bonchev–Trinajstić information content (AvgIpc) is 2.54. The minimum absolute atomic E-state index is 0.228. The standard InChI is InChI=1S/C16H20F3N3O2/c1-21-7-2-4-15(14(23)24)5-8-22(10-12(15)21)13-9-11(3-6-20-13)16(17,18)19/h3,6,9,12H,2,4-5,7-8,10H2,1H3,(H,23,24)/t12-,15+/m1/s1. The summed E-state index contributed by atoms with van der Waals surface area (Å²) in [5, 5.41) is 9.74. The van der Waals surface area contributed by atoms with Crippen molar-refractivity contribution in [2.45, 2.75) is 31.5 Å². The number of carboxylic acid groups (broad SMARTS) is 1. The zero-order valence-corrected chi connectivity index (χ0v) is 13.4. The summed E-state index contributed by atoms with van der Waals surface area (Å²) >= 11 is 0.